The number of carbonyl (C=O) groups is 3. The molecule has 7 heteroatoms. The van der Waals surface area contributed by atoms with E-state index in [-0.39, 0.29) is 23.9 Å². The quantitative estimate of drug-likeness (QED) is 0.504. The van der Waals surface area contributed by atoms with E-state index in [9.17, 15) is 19.5 Å². The standard InChI is InChI=1S/C21H30N2O5/c1-6-7-8-28-19-17-10-16(14(4)24)18(25)9-15(17)12-23(11-13(2)3)20(19)22(5)21(26)27/h10,12-13,16H,6-9,11H2,1-5H3,(H,26,27). The molecule has 1 aliphatic heterocycles. The molecule has 1 atom stereocenters. The molecule has 0 saturated carbocycles. The van der Waals surface area contributed by atoms with Crippen LogP contribution in [0.3, 0.4) is 0 Å². The highest BCUT2D eigenvalue weighted by atomic mass is 16.5. The van der Waals surface area contributed by atoms with Gasteiger partial charge in [0.2, 0.25) is 0 Å². The molecule has 0 bridgehead atoms. The van der Waals surface area contributed by atoms with Crippen LogP contribution in [0.4, 0.5) is 4.79 Å². The van der Waals surface area contributed by atoms with E-state index in [1.54, 1.807) is 6.08 Å². The third kappa shape index (κ3) is 4.64. The lowest BCUT2D eigenvalue weighted by molar-refractivity contribution is -0.129. The van der Waals surface area contributed by atoms with E-state index in [2.05, 4.69) is 0 Å². The maximum atomic E-state index is 12.4. The molecule has 1 heterocycles. The number of unbranched alkanes of at least 4 members (excludes halogenated alkanes) is 1. The zero-order valence-electron chi connectivity index (χ0n) is 17.3. The summed E-state index contributed by atoms with van der Waals surface area (Å²) in [6.07, 6.45) is 4.23. The van der Waals surface area contributed by atoms with Crippen molar-refractivity contribution >= 4 is 17.7 Å². The summed E-state index contributed by atoms with van der Waals surface area (Å²) >= 11 is 0. The summed E-state index contributed by atoms with van der Waals surface area (Å²) in [5, 5.41) is 9.61. The molecule has 0 aromatic rings. The molecular weight excluding hydrogens is 360 g/mol. The third-order valence-electron chi connectivity index (χ3n) is 4.77. The van der Waals surface area contributed by atoms with Gasteiger partial charge in [-0.25, -0.2) is 4.79 Å². The van der Waals surface area contributed by atoms with Gasteiger partial charge in [0.15, 0.2) is 17.4 Å². The van der Waals surface area contributed by atoms with Crippen LogP contribution in [0, 0.1) is 11.8 Å². The Balaban J connectivity index is 2.63. The average molecular weight is 390 g/mol. The first-order valence-corrected chi connectivity index (χ1v) is 9.74. The van der Waals surface area contributed by atoms with Gasteiger partial charge in [0, 0.05) is 31.8 Å². The van der Waals surface area contributed by atoms with Crippen molar-refractivity contribution in [2.45, 2.75) is 47.0 Å². The number of amides is 1. The summed E-state index contributed by atoms with van der Waals surface area (Å²) in [4.78, 5) is 39.1. The van der Waals surface area contributed by atoms with Gasteiger partial charge in [-0.2, -0.15) is 0 Å². The molecule has 2 rings (SSSR count). The molecule has 28 heavy (non-hydrogen) atoms. The van der Waals surface area contributed by atoms with Crippen molar-refractivity contribution in [1.82, 2.24) is 9.80 Å². The molecule has 0 aromatic heterocycles. The summed E-state index contributed by atoms with van der Waals surface area (Å²) in [6, 6.07) is 0. The van der Waals surface area contributed by atoms with Crippen LogP contribution in [0.25, 0.3) is 0 Å². The van der Waals surface area contributed by atoms with Gasteiger partial charge in [0.25, 0.3) is 0 Å². The monoisotopic (exact) mass is 390 g/mol. The number of Topliss-reactive ketones (excluding diaryl/α,β-unsaturated/α-hetero) is 2. The summed E-state index contributed by atoms with van der Waals surface area (Å²) in [7, 11) is 1.48. The molecule has 1 aliphatic carbocycles. The summed E-state index contributed by atoms with van der Waals surface area (Å²) in [5.74, 6) is -0.0676. The van der Waals surface area contributed by atoms with Crippen LogP contribution >= 0.6 is 0 Å². The Hall–Kier alpha value is -2.57. The topological polar surface area (TPSA) is 87.2 Å². The van der Waals surface area contributed by atoms with Crippen molar-refractivity contribution in [1.29, 1.82) is 0 Å². The Kier molecular flexibility index (Phi) is 7.05. The Morgan fingerprint density at radius 1 is 1.39 bits per heavy atom. The Bertz CT molecular complexity index is 748. The van der Waals surface area contributed by atoms with Gasteiger partial charge in [0.1, 0.15) is 5.78 Å². The number of hydrogen-bond donors (Lipinski definition) is 1. The van der Waals surface area contributed by atoms with Gasteiger partial charge < -0.3 is 14.7 Å². The zero-order valence-corrected chi connectivity index (χ0v) is 17.3. The fourth-order valence-electron chi connectivity index (χ4n) is 3.37. The maximum Gasteiger partial charge on any atom is 0.412 e. The molecule has 154 valence electrons. The van der Waals surface area contributed by atoms with E-state index in [0.717, 1.165) is 23.3 Å². The zero-order chi connectivity index (χ0) is 21.0. The van der Waals surface area contributed by atoms with Gasteiger partial charge >= 0.3 is 6.09 Å². The molecule has 0 saturated heterocycles. The molecule has 1 N–H and O–H groups in total. The van der Waals surface area contributed by atoms with E-state index in [0.29, 0.717) is 30.3 Å². The van der Waals surface area contributed by atoms with Crippen LogP contribution < -0.4 is 0 Å². The van der Waals surface area contributed by atoms with Crippen molar-refractivity contribution in [2.24, 2.45) is 11.8 Å². The first kappa shape index (κ1) is 21.7. The van der Waals surface area contributed by atoms with Gasteiger partial charge in [-0.05, 0) is 24.8 Å². The van der Waals surface area contributed by atoms with Crippen molar-refractivity contribution in [3.8, 4) is 0 Å². The number of fused-ring (bicyclic) bond motifs is 1. The molecule has 1 unspecified atom stereocenters. The Labute approximate surface area is 166 Å². The number of ether oxygens (including phenoxy) is 1. The summed E-state index contributed by atoms with van der Waals surface area (Å²) in [5.41, 5.74) is 1.41. The van der Waals surface area contributed by atoms with Crippen LogP contribution in [0.2, 0.25) is 0 Å². The van der Waals surface area contributed by atoms with E-state index < -0.39 is 12.0 Å². The number of carbonyl (C=O) groups excluding carboxylic acids is 2. The highest BCUT2D eigenvalue weighted by molar-refractivity contribution is 6.06. The second kappa shape index (κ2) is 9.08. The van der Waals surface area contributed by atoms with Crippen LogP contribution in [0.15, 0.2) is 35.0 Å². The fourth-order valence-corrected chi connectivity index (χ4v) is 3.37. The normalized spacial score (nSPS) is 19.3. The average Bonchev–Trinajstić information content (AvgIpc) is 2.59. The van der Waals surface area contributed by atoms with E-state index in [1.165, 1.54) is 14.0 Å². The van der Waals surface area contributed by atoms with Gasteiger partial charge in [0.05, 0.1) is 12.5 Å². The molecule has 0 aromatic carbocycles. The molecule has 1 amide bonds. The molecule has 0 fully saturated rings. The number of allylic oxidation sites excluding steroid dienone is 2. The molecule has 0 radical (unpaired) electrons. The lowest BCUT2D eigenvalue weighted by Crippen LogP contribution is -2.40. The number of hydrogen-bond acceptors (Lipinski definition) is 5. The largest absolute Gasteiger partial charge is 0.489 e. The molecule has 2 aliphatic rings. The lowest BCUT2D eigenvalue weighted by atomic mass is 9.82. The minimum atomic E-state index is -1.10. The molecular formula is C21H30N2O5. The van der Waals surface area contributed by atoms with E-state index >= 15 is 0 Å². The number of nitrogens with zero attached hydrogens (tertiary/aromatic N) is 2. The first-order valence-electron chi connectivity index (χ1n) is 9.74. The smallest absolute Gasteiger partial charge is 0.412 e. The van der Waals surface area contributed by atoms with Gasteiger partial charge in [-0.15, -0.1) is 0 Å². The number of rotatable bonds is 8. The first-order chi connectivity index (χ1) is 13.2. The Morgan fingerprint density at radius 3 is 2.61 bits per heavy atom. The highest BCUT2D eigenvalue weighted by Crippen LogP contribution is 2.39. The third-order valence-corrected chi connectivity index (χ3v) is 4.77. The minimum Gasteiger partial charge on any atom is -0.489 e. The lowest BCUT2D eigenvalue weighted by Gasteiger charge is -2.38. The van der Waals surface area contributed by atoms with Gasteiger partial charge in [-0.3, -0.25) is 14.5 Å². The molecule has 7 nitrogen and oxygen atoms in total. The highest BCUT2D eigenvalue weighted by Gasteiger charge is 2.37. The second-order valence-electron chi connectivity index (χ2n) is 7.71. The van der Waals surface area contributed by atoms with Crippen LogP contribution in [-0.4, -0.2) is 52.8 Å². The SMILES string of the molecule is CCCCOC1=C(N(C)C(=O)O)N(CC(C)C)C=C2CC(=O)C(C(C)=O)C=C21. The number of carboxylic acid groups (broad SMARTS) is 1. The van der Waals surface area contributed by atoms with Crippen LogP contribution in [-0.2, 0) is 14.3 Å². The second-order valence-corrected chi connectivity index (χ2v) is 7.71. The Morgan fingerprint density at radius 2 is 2.07 bits per heavy atom. The predicted octanol–water partition coefficient (Wildman–Crippen LogP) is 3.54. The van der Waals surface area contributed by atoms with E-state index in [1.807, 2.05) is 31.9 Å². The van der Waals surface area contributed by atoms with E-state index in [4.69, 9.17) is 4.74 Å². The van der Waals surface area contributed by atoms with Crippen LogP contribution in [0.5, 0.6) is 0 Å². The minimum absolute atomic E-state index is 0.134. The van der Waals surface area contributed by atoms with Crippen molar-refractivity contribution in [2.75, 3.05) is 20.2 Å². The molecule has 0 spiro atoms. The number of ketones is 2. The van der Waals surface area contributed by atoms with Gasteiger partial charge in [-0.1, -0.05) is 33.3 Å². The predicted molar refractivity (Wildman–Crippen MR) is 105 cm³/mol. The van der Waals surface area contributed by atoms with Crippen LogP contribution in [0.1, 0.15) is 47.0 Å². The maximum absolute atomic E-state index is 12.4. The summed E-state index contributed by atoms with van der Waals surface area (Å²) in [6.45, 7) is 8.53. The van der Waals surface area contributed by atoms with Crippen molar-refractivity contribution < 1.29 is 24.2 Å². The summed E-state index contributed by atoms with van der Waals surface area (Å²) < 4.78 is 6.05. The van der Waals surface area contributed by atoms with Crippen molar-refractivity contribution in [3.63, 3.8) is 0 Å². The van der Waals surface area contributed by atoms with Crippen molar-refractivity contribution in [3.05, 3.63) is 35.0 Å². The fraction of sp³-hybridized carbons (Fsp3) is 0.571.